The van der Waals surface area contributed by atoms with Crippen LogP contribution in [0.5, 0.6) is 0 Å². The molecule has 1 amide bonds. The Bertz CT molecular complexity index is 874. The number of nitrogens with one attached hydrogen (secondary N) is 1. The normalized spacial score (nSPS) is 16.0. The molecule has 0 aliphatic carbocycles. The Morgan fingerprint density at radius 3 is 2.32 bits per heavy atom. The Morgan fingerprint density at radius 2 is 1.71 bits per heavy atom. The fourth-order valence-electron chi connectivity index (χ4n) is 3.30. The fraction of sp³-hybridized carbons (Fsp3) is 0.381. The molecule has 0 spiro atoms. The molecule has 0 aromatic heterocycles. The monoisotopic (exact) mass is 402 g/mol. The van der Waals surface area contributed by atoms with Gasteiger partial charge in [0.2, 0.25) is 15.9 Å². The van der Waals surface area contributed by atoms with E-state index in [1.807, 2.05) is 30.3 Å². The van der Waals surface area contributed by atoms with E-state index in [1.54, 1.807) is 12.1 Å². The minimum atomic E-state index is -3.51. The van der Waals surface area contributed by atoms with Crippen molar-refractivity contribution in [3.63, 3.8) is 0 Å². The number of amides is 1. The molecule has 1 aliphatic rings. The highest BCUT2D eigenvalue weighted by Crippen LogP contribution is 2.25. The number of ether oxygens (including phenoxy) is 1. The summed E-state index contributed by atoms with van der Waals surface area (Å²) in [5.41, 5.74) is 1.73. The van der Waals surface area contributed by atoms with Crippen LogP contribution in [0.4, 0.5) is 5.69 Å². The maximum Gasteiger partial charge on any atom is 0.243 e. The number of anilines is 1. The summed E-state index contributed by atoms with van der Waals surface area (Å²) in [6.07, 6.45) is 1.58. The minimum Gasteiger partial charge on any atom is -0.376 e. The van der Waals surface area contributed by atoms with Crippen LogP contribution in [0.1, 0.15) is 25.3 Å². The highest BCUT2D eigenvalue weighted by Gasteiger charge is 2.29. The number of nitrogens with zero attached hydrogens (tertiary/aromatic N) is 1. The molecule has 6 nitrogen and oxygen atoms in total. The first-order valence-electron chi connectivity index (χ1n) is 9.44. The zero-order valence-electron chi connectivity index (χ0n) is 16.0. The molecule has 1 heterocycles. The summed E-state index contributed by atoms with van der Waals surface area (Å²) in [6, 6.07) is 16.3. The topological polar surface area (TPSA) is 75.7 Å². The van der Waals surface area contributed by atoms with Crippen molar-refractivity contribution >= 4 is 21.6 Å². The van der Waals surface area contributed by atoms with Crippen molar-refractivity contribution in [2.75, 3.05) is 25.0 Å². The second-order valence-electron chi connectivity index (χ2n) is 7.05. The molecule has 0 unspecified atom stereocenters. The summed E-state index contributed by atoms with van der Waals surface area (Å²) in [5, 5.41) is 2.64. The van der Waals surface area contributed by atoms with E-state index >= 15 is 0 Å². The molecule has 2 aromatic rings. The molecule has 0 atom stereocenters. The second-order valence-corrected chi connectivity index (χ2v) is 8.99. The van der Waals surface area contributed by atoms with Gasteiger partial charge in [-0.1, -0.05) is 30.3 Å². The van der Waals surface area contributed by atoms with Crippen LogP contribution in [-0.2, 0) is 26.2 Å². The van der Waals surface area contributed by atoms with E-state index in [4.69, 9.17) is 4.74 Å². The Labute approximate surface area is 166 Å². The largest absolute Gasteiger partial charge is 0.376 e. The van der Waals surface area contributed by atoms with Gasteiger partial charge in [-0.3, -0.25) is 4.79 Å². The fourth-order valence-corrected chi connectivity index (χ4v) is 4.77. The molecule has 28 heavy (non-hydrogen) atoms. The Kier molecular flexibility index (Phi) is 6.83. The molecule has 3 rings (SSSR count). The van der Waals surface area contributed by atoms with Gasteiger partial charge in [0, 0.05) is 32.3 Å². The summed E-state index contributed by atoms with van der Waals surface area (Å²) in [4.78, 5) is 11.3. The quantitative estimate of drug-likeness (QED) is 0.771. The molecule has 150 valence electrons. The molecule has 1 fully saturated rings. The van der Waals surface area contributed by atoms with Gasteiger partial charge < -0.3 is 10.1 Å². The van der Waals surface area contributed by atoms with Gasteiger partial charge in [0.1, 0.15) is 0 Å². The summed E-state index contributed by atoms with van der Waals surface area (Å²) in [6.45, 7) is 3.64. The van der Waals surface area contributed by atoms with E-state index in [0.29, 0.717) is 37.9 Å². The predicted octanol–water partition coefficient (Wildman–Crippen LogP) is 3.26. The van der Waals surface area contributed by atoms with Crippen molar-refractivity contribution in [3.05, 3.63) is 60.2 Å². The summed E-state index contributed by atoms with van der Waals surface area (Å²) >= 11 is 0. The van der Waals surface area contributed by atoms with E-state index in [2.05, 4.69) is 5.32 Å². The van der Waals surface area contributed by atoms with Gasteiger partial charge >= 0.3 is 0 Å². The molecule has 2 aromatic carbocycles. The Hall–Kier alpha value is -2.22. The third kappa shape index (κ3) is 5.41. The highest BCUT2D eigenvalue weighted by atomic mass is 32.2. The van der Waals surface area contributed by atoms with Crippen molar-refractivity contribution in [3.8, 4) is 0 Å². The number of piperidine rings is 1. The van der Waals surface area contributed by atoms with Crippen LogP contribution in [0.15, 0.2) is 59.5 Å². The zero-order chi connectivity index (χ0) is 20.0. The lowest BCUT2D eigenvalue weighted by Crippen LogP contribution is -2.39. The smallest absolute Gasteiger partial charge is 0.243 e. The molecule has 0 saturated carbocycles. The van der Waals surface area contributed by atoms with Crippen LogP contribution in [-0.4, -0.2) is 38.3 Å². The number of rotatable bonds is 7. The van der Waals surface area contributed by atoms with Crippen molar-refractivity contribution in [1.82, 2.24) is 4.31 Å². The summed E-state index contributed by atoms with van der Waals surface area (Å²) < 4.78 is 33.0. The van der Waals surface area contributed by atoms with Crippen LogP contribution >= 0.6 is 0 Å². The summed E-state index contributed by atoms with van der Waals surface area (Å²) in [7, 11) is -3.51. The average Bonchev–Trinajstić information content (AvgIpc) is 2.69. The molecule has 1 saturated heterocycles. The highest BCUT2D eigenvalue weighted by molar-refractivity contribution is 7.89. The van der Waals surface area contributed by atoms with Gasteiger partial charge in [0.05, 0.1) is 11.5 Å². The standard InChI is InChI=1S/C21H26N2O4S/c1-17(24)22-20-7-9-21(10-8-20)28(25,26)23-13-11-19(12-14-23)16-27-15-18-5-3-2-4-6-18/h2-10,19H,11-16H2,1H3,(H,22,24). The minimum absolute atomic E-state index is 0.188. The van der Waals surface area contributed by atoms with E-state index in [0.717, 1.165) is 18.4 Å². The van der Waals surface area contributed by atoms with Gasteiger partial charge in [-0.25, -0.2) is 8.42 Å². The lowest BCUT2D eigenvalue weighted by atomic mass is 9.99. The number of carbonyl (C=O) groups excluding carboxylic acids is 1. The first-order chi connectivity index (χ1) is 13.4. The molecular weight excluding hydrogens is 376 g/mol. The van der Waals surface area contributed by atoms with Gasteiger partial charge in [0.25, 0.3) is 0 Å². The molecule has 0 bridgehead atoms. The lowest BCUT2D eigenvalue weighted by Gasteiger charge is -2.31. The van der Waals surface area contributed by atoms with Crippen LogP contribution in [0.25, 0.3) is 0 Å². The number of sulfonamides is 1. The van der Waals surface area contributed by atoms with Crippen LogP contribution < -0.4 is 5.32 Å². The van der Waals surface area contributed by atoms with Gasteiger partial charge in [0.15, 0.2) is 0 Å². The van der Waals surface area contributed by atoms with Crippen LogP contribution in [0, 0.1) is 5.92 Å². The molecule has 1 N–H and O–H groups in total. The van der Waals surface area contributed by atoms with Gasteiger partial charge in [-0.15, -0.1) is 0 Å². The van der Waals surface area contributed by atoms with E-state index in [-0.39, 0.29) is 10.8 Å². The molecule has 0 radical (unpaired) electrons. The molecule has 7 heteroatoms. The predicted molar refractivity (Wildman–Crippen MR) is 108 cm³/mol. The maximum absolute atomic E-state index is 12.8. The van der Waals surface area contributed by atoms with Crippen LogP contribution in [0.2, 0.25) is 0 Å². The number of carbonyl (C=O) groups is 1. The van der Waals surface area contributed by atoms with Crippen molar-refractivity contribution in [1.29, 1.82) is 0 Å². The molecular formula is C21H26N2O4S. The molecule has 1 aliphatic heterocycles. The Balaban J connectivity index is 1.49. The van der Waals surface area contributed by atoms with Crippen LogP contribution in [0.3, 0.4) is 0 Å². The third-order valence-corrected chi connectivity index (χ3v) is 6.76. The van der Waals surface area contributed by atoms with E-state index < -0.39 is 10.0 Å². The van der Waals surface area contributed by atoms with Gasteiger partial charge in [-0.05, 0) is 48.6 Å². The zero-order valence-corrected chi connectivity index (χ0v) is 16.8. The first-order valence-corrected chi connectivity index (χ1v) is 10.9. The maximum atomic E-state index is 12.8. The van der Waals surface area contributed by atoms with Crippen molar-refractivity contribution in [2.45, 2.75) is 31.3 Å². The number of benzene rings is 2. The average molecular weight is 403 g/mol. The van der Waals surface area contributed by atoms with Gasteiger partial charge in [-0.2, -0.15) is 4.31 Å². The van der Waals surface area contributed by atoms with E-state index in [9.17, 15) is 13.2 Å². The SMILES string of the molecule is CC(=O)Nc1ccc(S(=O)(=O)N2CCC(COCc3ccccc3)CC2)cc1. The summed E-state index contributed by atoms with van der Waals surface area (Å²) in [5.74, 6) is 0.185. The number of hydrogen-bond donors (Lipinski definition) is 1. The third-order valence-electron chi connectivity index (χ3n) is 4.85. The number of hydrogen-bond acceptors (Lipinski definition) is 4. The first kappa shape index (κ1) is 20.5. The van der Waals surface area contributed by atoms with E-state index in [1.165, 1.54) is 23.4 Å². The lowest BCUT2D eigenvalue weighted by molar-refractivity contribution is -0.114. The Morgan fingerprint density at radius 1 is 1.07 bits per heavy atom. The van der Waals surface area contributed by atoms with Crippen molar-refractivity contribution < 1.29 is 17.9 Å². The van der Waals surface area contributed by atoms with Crippen molar-refractivity contribution in [2.24, 2.45) is 5.92 Å². The second kappa shape index (κ2) is 9.32.